The van der Waals surface area contributed by atoms with Gasteiger partial charge in [0.15, 0.2) is 0 Å². The molecule has 0 fully saturated rings. The Morgan fingerprint density at radius 1 is 1.30 bits per heavy atom. The lowest BCUT2D eigenvalue weighted by Gasteiger charge is -2.16. The molecule has 0 aliphatic carbocycles. The minimum Gasteiger partial charge on any atom is -0.494 e. The summed E-state index contributed by atoms with van der Waals surface area (Å²) in [6.07, 6.45) is 3.85. The van der Waals surface area contributed by atoms with Crippen LogP contribution in [-0.4, -0.2) is 25.1 Å². The van der Waals surface area contributed by atoms with E-state index in [9.17, 15) is 4.79 Å². The van der Waals surface area contributed by atoms with E-state index in [4.69, 9.17) is 10.5 Å². The minimum atomic E-state index is -0.0505. The summed E-state index contributed by atoms with van der Waals surface area (Å²) >= 11 is 0. The summed E-state index contributed by atoms with van der Waals surface area (Å²) in [7, 11) is 0. The van der Waals surface area contributed by atoms with E-state index >= 15 is 0 Å². The maximum Gasteiger partial charge on any atom is 0.251 e. The van der Waals surface area contributed by atoms with Crippen molar-refractivity contribution in [2.24, 2.45) is 5.73 Å². The summed E-state index contributed by atoms with van der Waals surface area (Å²) in [5, 5.41) is 3.00. The highest BCUT2D eigenvalue weighted by Crippen LogP contribution is 2.13. The second-order valence-electron chi connectivity index (χ2n) is 4.88. The van der Waals surface area contributed by atoms with Crippen LogP contribution < -0.4 is 15.8 Å². The number of ether oxygens (including phenoxy) is 1. The van der Waals surface area contributed by atoms with Crippen molar-refractivity contribution in [1.29, 1.82) is 0 Å². The van der Waals surface area contributed by atoms with Crippen LogP contribution in [-0.2, 0) is 0 Å². The monoisotopic (exact) mass is 278 g/mol. The Kier molecular flexibility index (Phi) is 7.73. The Labute approximate surface area is 121 Å². The van der Waals surface area contributed by atoms with E-state index in [1.54, 1.807) is 12.1 Å². The normalized spacial score (nSPS) is 11.9. The first-order chi connectivity index (χ1) is 9.71. The zero-order valence-electron chi connectivity index (χ0n) is 12.5. The molecule has 1 atom stereocenters. The molecule has 0 aliphatic rings. The lowest BCUT2D eigenvalue weighted by Crippen LogP contribution is -2.35. The molecule has 4 nitrogen and oxygen atoms in total. The fourth-order valence-electron chi connectivity index (χ4n) is 1.89. The molecule has 1 aromatic rings. The van der Waals surface area contributed by atoms with Gasteiger partial charge in [-0.1, -0.05) is 20.3 Å². The van der Waals surface area contributed by atoms with Gasteiger partial charge in [-0.2, -0.15) is 0 Å². The number of carbonyl (C=O) groups excluding carboxylic acids is 1. The number of amides is 1. The third kappa shape index (κ3) is 5.61. The van der Waals surface area contributed by atoms with Crippen molar-refractivity contribution in [1.82, 2.24) is 5.32 Å². The van der Waals surface area contributed by atoms with Gasteiger partial charge in [-0.05, 0) is 50.1 Å². The van der Waals surface area contributed by atoms with Gasteiger partial charge in [0.1, 0.15) is 5.75 Å². The standard InChI is InChI=1S/C16H26N2O2/c1-3-5-12-20-15-8-6-13(7-9-15)16(19)18-14(4-2)10-11-17/h6-9,14H,3-5,10-12,17H2,1-2H3,(H,18,19). The number of carbonyl (C=O) groups is 1. The molecule has 112 valence electrons. The Balaban J connectivity index is 2.52. The molecule has 0 aromatic heterocycles. The van der Waals surface area contributed by atoms with Gasteiger partial charge < -0.3 is 15.8 Å². The maximum atomic E-state index is 12.1. The maximum absolute atomic E-state index is 12.1. The van der Waals surface area contributed by atoms with Crippen LogP contribution in [0.25, 0.3) is 0 Å². The van der Waals surface area contributed by atoms with E-state index in [2.05, 4.69) is 12.2 Å². The van der Waals surface area contributed by atoms with Crippen LogP contribution >= 0.6 is 0 Å². The summed E-state index contributed by atoms with van der Waals surface area (Å²) in [6.45, 7) is 5.48. The fraction of sp³-hybridized carbons (Fsp3) is 0.562. The average Bonchev–Trinajstić information content (AvgIpc) is 2.47. The molecule has 0 aliphatic heterocycles. The molecular formula is C16H26N2O2. The van der Waals surface area contributed by atoms with E-state index in [0.717, 1.165) is 38.0 Å². The SMILES string of the molecule is CCCCOc1ccc(C(=O)NC(CC)CCN)cc1. The second-order valence-corrected chi connectivity index (χ2v) is 4.88. The van der Waals surface area contributed by atoms with Crippen LogP contribution in [0.15, 0.2) is 24.3 Å². The molecule has 1 amide bonds. The number of nitrogens with one attached hydrogen (secondary N) is 1. The van der Waals surface area contributed by atoms with Crippen LogP contribution in [0.4, 0.5) is 0 Å². The molecule has 1 rings (SSSR count). The van der Waals surface area contributed by atoms with Crippen molar-refractivity contribution in [3.63, 3.8) is 0 Å². The molecule has 0 heterocycles. The highest BCUT2D eigenvalue weighted by molar-refractivity contribution is 5.94. The Morgan fingerprint density at radius 3 is 2.55 bits per heavy atom. The molecule has 3 N–H and O–H groups in total. The van der Waals surface area contributed by atoms with Crippen LogP contribution in [0, 0.1) is 0 Å². The molecule has 4 heteroatoms. The average molecular weight is 278 g/mol. The van der Waals surface area contributed by atoms with Gasteiger partial charge in [-0.15, -0.1) is 0 Å². The van der Waals surface area contributed by atoms with Crippen LogP contribution in [0.3, 0.4) is 0 Å². The molecule has 0 spiro atoms. The topological polar surface area (TPSA) is 64.3 Å². The van der Waals surface area contributed by atoms with Gasteiger partial charge in [0.25, 0.3) is 5.91 Å². The zero-order chi connectivity index (χ0) is 14.8. The summed E-state index contributed by atoms with van der Waals surface area (Å²) in [5.74, 6) is 0.759. The van der Waals surface area contributed by atoms with Crippen molar-refractivity contribution in [2.45, 2.75) is 45.6 Å². The zero-order valence-corrected chi connectivity index (χ0v) is 12.5. The summed E-state index contributed by atoms with van der Waals surface area (Å²) < 4.78 is 5.57. The van der Waals surface area contributed by atoms with Gasteiger partial charge in [0.2, 0.25) is 0 Å². The molecule has 0 bridgehead atoms. The predicted octanol–water partition coefficient (Wildman–Crippen LogP) is 2.72. The number of hydrogen-bond acceptors (Lipinski definition) is 3. The van der Waals surface area contributed by atoms with E-state index in [1.807, 2.05) is 19.1 Å². The minimum absolute atomic E-state index is 0.0505. The van der Waals surface area contributed by atoms with Gasteiger partial charge in [0.05, 0.1) is 6.61 Å². The highest BCUT2D eigenvalue weighted by atomic mass is 16.5. The van der Waals surface area contributed by atoms with Crippen molar-refractivity contribution in [3.8, 4) is 5.75 Å². The number of nitrogens with two attached hydrogens (primary N) is 1. The van der Waals surface area contributed by atoms with Crippen LogP contribution in [0.1, 0.15) is 49.9 Å². The molecule has 1 aromatic carbocycles. The molecule has 0 saturated carbocycles. The summed E-state index contributed by atoms with van der Waals surface area (Å²) in [4.78, 5) is 12.1. The molecule has 1 unspecified atom stereocenters. The van der Waals surface area contributed by atoms with Gasteiger partial charge in [-0.25, -0.2) is 0 Å². The smallest absolute Gasteiger partial charge is 0.251 e. The van der Waals surface area contributed by atoms with Gasteiger partial charge >= 0.3 is 0 Å². The number of rotatable bonds is 9. The first-order valence-corrected chi connectivity index (χ1v) is 7.45. The fourth-order valence-corrected chi connectivity index (χ4v) is 1.89. The molecule has 0 saturated heterocycles. The highest BCUT2D eigenvalue weighted by Gasteiger charge is 2.11. The van der Waals surface area contributed by atoms with Gasteiger partial charge in [-0.3, -0.25) is 4.79 Å². The Morgan fingerprint density at radius 2 is 2.00 bits per heavy atom. The number of benzene rings is 1. The largest absolute Gasteiger partial charge is 0.494 e. The second kappa shape index (κ2) is 9.37. The lowest BCUT2D eigenvalue weighted by atomic mass is 10.1. The quantitative estimate of drug-likeness (QED) is 0.683. The van der Waals surface area contributed by atoms with E-state index in [1.165, 1.54) is 0 Å². The summed E-state index contributed by atoms with van der Waals surface area (Å²) in [5.41, 5.74) is 6.19. The molecular weight excluding hydrogens is 252 g/mol. The third-order valence-electron chi connectivity index (χ3n) is 3.23. The molecule has 0 radical (unpaired) electrons. The Bertz CT molecular complexity index is 390. The number of unbranched alkanes of at least 4 members (excludes halogenated alkanes) is 1. The number of hydrogen-bond donors (Lipinski definition) is 2. The van der Waals surface area contributed by atoms with Crippen molar-refractivity contribution in [3.05, 3.63) is 29.8 Å². The lowest BCUT2D eigenvalue weighted by molar-refractivity contribution is 0.0934. The predicted molar refractivity (Wildman–Crippen MR) is 82.1 cm³/mol. The van der Waals surface area contributed by atoms with Crippen molar-refractivity contribution in [2.75, 3.05) is 13.2 Å². The third-order valence-corrected chi connectivity index (χ3v) is 3.23. The van der Waals surface area contributed by atoms with Gasteiger partial charge in [0, 0.05) is 11.6 Å². The van der Waals surface area contributed by atoms with Crippen LogP contribution in [0.5, 0.6) is 5.75 Å². The van der Waals surface area contributed by atoms with E-state index < -0.39 is 0 Å². The van der Waals surface area contributed by atoms with Crippen molar-refractivity contribution < 1.29 is 9.53 Å². The first-order valence-electron chi connectivity index (χ1n) is 7.45. The van der Waals surface area contributed by atoms with E-state index in [0.29, 0.717) is 12.1 Å². The summed E-state index contributed by atoms with van der Waals surface area (Å²) in [6, 6.07) is 7.42. The van der Waals surface area contributed by atoms with E-state index in [-0.39, 0.29) is 11.9 Å². The molecule has 20 heavy (non-hydrogen) atoms. The van der Waals surface area contributed by atoms with Crippen LogP contribution in [0.2, 0.25) is 0 Å². The van der Waals surface area contributed by atoms with Crippen molar-refractivity contribution >= 4 is 5.91 Å². The first kappa shape index (κ1) is 16.5. The Hall–Kier alpha value is -1.55.